The summed E-state index contributed by atoms with van der Waals surface area (Å²) in [4.78, 5) is 132. The predicted molar refractivity (Wildman–Crippen MR) is 190 cm³/mol. The molecule has 30 nitrogen and oxygen atoms in total. The molecule has 0 bridgehead atoms. The molecule has 0 spiro atoms. The van der Waals surface area contributed by atoms with Crippen LogP contribution in [0, 0.1) is 0 Å². The van der Waals surface area contributed by atoms with Gasteiger partial charge in [0, 0.05) is 0 Å². The fourth-order valence-electron chi connectivity index (χ4n) is 4.41. The number of aliphatic carboxylic acids is 6. The third kappa shape index (κ3) is 31.0. The molecule has 0 aromatic carbocycles. The topological polar surface area (TPSA) is 523 Å². The minimum atomic E-state index is -1.50. The zero-order valence-corrected chi connectivity index (χ0v) is 40.6. The largest absolute Gasteiger partial charge is 1.00 e. The number of hydrogen-bond donors (Lipinski definition) is 12. The van der Waals surface area contributed by atoms with E-state index in [0.717, 1.165) is 0 Å². The van der Waals surface area contributed by atoms with E-state index >= 15 is 0 Å². The first-order valence-electron chi connectivity index (χ1n) is 16.3. The van der Waals surface area contributed by atoms with Crippen LogP contribution in [0.5, 0.6) is 0 Å². The molecule has 63 heavy (non-hydrogen) atoms. The molecule has 3 saturated heterocycles. The Morgan fingerprint density at radius 2 is 0.619 bits per heavy atom. The second-order valence-corrected chi connectivity index (χ2v) is 11.4. The second-order valence-electron chi connectivity index (χ2n) is 11.4. The number of hydrogen-bond acceptors (Lipinski definition) is 24. The predicted octanol–water partition coefficient (Wildman–Crippen LogP) is -13.1. The Labute approximate surface area is 426 Å². The Balaban J connectivity index is -0.0000000988. The van der Waals surface area contributed by atoms with Gasteiger partial charge >= 0.3 is 160 Å². The summed E-state index contributed by atoms with van der Waals surface area (Å²) in [5, 5.41) is 59.1. The zero-order chi connectivity index (χ0) is 43.2. The van der Waals surface area contributed by atoms with Crippen LogP contribution in [-0.4, -0.2) is 178 Å². The van der Waals surface area contributed by atoms with Crippen molar-refractivity contribution in [1.82, 2.24) is 34.4 Å². The third-order valence-electron chi connectivity index (χ3n) is 6.98. The molecule has 3 heterocycles. The summed E-state index contributed by atoms with van der Waals surface area (Å²) in [5.41, 5.74) is 0. The Morgan fingerprint density at radius 3 is 0.794 bits per heavy atom. The van der Waals surface area contributed by atoms with Crippen LogP contribution in [0.15, 0.2) is 0 Å². The number of carboxylic acids is 6. The van der Waals surface area contributed by atoms with Crippen LogP contribution in [-0.2, 0) is 86.0 Å². The molecule has 0 saturated carbocycles. The van der Waals surface area contributed by atoms with Crippen molar-refractivity contribution < 1.29 is 210 Å². The average Bonchev–Trinajstić information content (AvgIpc) is 3.09. The summed E-state index contributed by atoms with van der Waals surface area (Å²) in [5.74, 6) is -12.8. The Morgan fingerprint density at radius 1 is 0.429 bits per heavy atom. The minimum Gasteiger partial charge on any atom is -1.00 e. The van der Waals surface area contributed by atoms with Crippen molar-refractivity contribution in [1.29, 1.82) is 0 Å². The third-order valence-corrected chi connectivity index (χ3v) is 6.98. The van der Waals surface area contributed by atoms with Crippen molar-refractivity contribution in [3.63, 3.8) is 0 Å². The fourth-order valence-corrected chi connectivity index (χ4v) is 4.41. The maximum Gasteiger partial charge on any atom is 1.00 e. The van der Waals surface area contributed by atoms with E-state index in [1.54, 1.807) is 0 Å². The maximum atomic E-state index is 11.5. The van der Waals surface area contributed by atoms with Gasteiger partial charge in [-0.05, 0) is 0 Å². The number of ether oxygens (including phenoxy) is 6. The first-order valence-corrected chi connectivity index (χ1v) is 16.3. The van der Waals surface area contributed by atoms with Gasteiger partial charge in [-0.2, -0.15) is 0 Å². The summed E-state index contributed by atoms with van der Waals surface area (Å²) in [7, 11) is 0. The summed E-state index contributed by atoms with van der Waals surface area (Å²) in [6.07, 6.45) is -3.43. The monoisotopic (exact) mass is 948 g/mol. The molecule has 0 aliphatic carbocycles. The molecule has 0 radical (unpaired) electrons. The van der Waals surface area contributed by atoms with Gasteiger partial charge in [-0.25, -0.2) is 0 Å². The zero-order valence-electron chi connectivity index (χ0n) is 37.6. The van der Waals surface area contributed by atoms with E-state index in [1.165, 1.54) is 0 Å². The van der Waals surface area contributed by atoms with Crippen molar-refractivity contribution in [2.45, 2.75) is 74.8 Å². The van der Waals surface area contributed by atoms with E-state index in [9.17, 15) is 57.5 Å². The fraction of sp³-hybridized carbons (Fsp3) is 0.600. The molecule has 0 aromatic rings. The van der Waals surface area contributed by atoms with E-state index in [-0.39, 0.29) is 151 Å². The van der Waals surface area contributed by atoms with E-state index < -0.39 is 146 Å². The van der Waals surface area contributed by atoms with E-state index in [4.69, 9.17) is 44.8 Å². The van der Waals surface area contributed by atoms with Gasteiger partial charge in [0.1, 0.15) is 75.9 Å². The number of rotatable bonds is 15. The number of esters is 6. The molecule has 3 fully saturated rings. The van der Waals surface area contributed by atoms with Crippen LogP contribution in [0.2, 0.25) is 0 Å². The molecule has 3 rings (SSSR count). The van der Waals surface area contributed by atoms with Crippen LogP contribution in [0.25, 0.3) is 0 Å². The Bertz CT molecular complexity index is 1400. The van der Waals surface area contributed by atoms with Gasteiger partial charge in [0.15, 0.2) is 0 Å². The van der Waals surface area contributed by atoms with Crippen molar-refractivity contribution in [3.05, 3.63) is 0 Å². The normalized spacial score (nSPS) is 19.5. The van der Waals surface area contributed by atoms with Crippen LogP contribution in [0.4, 0.5) is 0 Å². The number of cyclic esters (lactones) is 6. The molecule has 6 atom stereocenters. The number of carbonyl (C=O) groups excluding carboxylic acids is 6. The molecular weight excluding hydrogens is 897 g/mol. The smallest absolute Gasteiger partial charge is 1.00 e. The Hall–Kier alpha value is -3.60. The van der Waals surface area contributed by atoms with Gasteiger partial charge in [0.25, 0.3) is 0 Å². The minimum absolute atomic E-state index is 0. The van der Waals surface area contributed by atoms with E-state index in [0.29, 0.717) is 0 Å². The number of nitrogens with one attached hydrogen (secondary N) is 3. The molecular formula is C30H51N6Na3O24. The quantitative estimate of drug-likeness (QED) is 0.0412. The second kappa shape index (κ2) is 37.7. The van der Waals surface area contributed by atoms with Gasteiger partial charge in [-0.15, -0.1) is 0 Å². The number of carboxylic acid groups (broad SMARTS) is 6. The molecule has 33 heteroatoms. The van der Waals surface area contributed by atoms with E-state index in [1.807, 2.05) is 0 Å². The van der Waals surface area contributed by atoms with Crippen LogP contribution >= 0.6 is 0 Å². The summed E-state index contributed by atoms with van der Waals surface area (Å²) >= 11 is 0. The van der Waals surface area contributed by atoms with Crippen molar-refractivity contribution in [2.75, 3.05) is 39.6 Å². The summed E-state index contributed by atoms with van der Waals surface area (Å²) < 4.78 is 28.1. The van der Waals surface area contributed by atoms with Crippen molar-refractivity contribution >= 4 is 71.6 Å². The van der Waals surface area contributed by atoms with E-state index in [2.05, 4.69) is 30.2 Å². The SMILES string of the molecule is N.N.N.O=C(O)CC(NC1CC(=O)OCCOC1=O)C(=O)O.O=C(O)CC(NC1CC(=O)OCCOC1=O)C(=O)O.O=C(O)CC(NC1CC(=O)OCCOC1=O)C(=O)O.[H-].[H-].[H-].[Na+].[Na+].[Na+]. The van der Waals surface area contributed by atoms with Crippen molar-refractivity contribution in [2.24, 2.45) is 0 Å². The molecule has 18 N–H and O–H groups in total. The maximum absolute atomic E-state index is 11.5. The average molecular weight is 949 g/mol. The number of carbonyl (C=O) groups is 12. The van der Waals surface area contributed by atoms with Crippen LogP contribution in [0.1, 0.15) is 42.8 Å². The molecule has 0 amide bonds. The summed E-state index contributed by atoms with van der Waals surface area (Å²) in [6, 6.07) is -8.22. The van der Waals surface area contributed by atoms with Crippen molar-refractivity contribution in [3.8, 4) is 0 Å². The van der Waals surface area contributed by atoms with Crippen LogP contribution in [0.3, 0.4) is 0 Å². The van der Waals surface area contributed by atoms with Gasteiger partial charge in [0.2, 0.25) is 0 Å². The molecule has 3 aliphatic rings. The van der Waals surface area contributed by atoms with Gasteiger partial charge in [0.05, 0.1) is 38.5 Å². The summed E-state index contributed by atoms with van der Waals surface area (Å²) in [6.45, 7) is -0.559. The van der Waals surface area contributed by atoms with Gasteiger partial charge < -0.3 is 81.8 Å². The molecule has 0 aromatic heterocycles. The first kappa shape index (κ1) is 71.0. The molecule has 3 aliphatic heterocycles. The van der Waals surface area contributed by atoms with Gasteiger partial charge in [-0.1, -0.05) is 0 Å². The molecule has 348 valence electrons. The van der Waals surface area contributed by atoms with Gasteiger partial charge in [-0.3, -0.25) is 73.5 Å². The Kier molecular flexibility index (Phi) is 42.6. The standard InChI is InChI=1S/3C10H13NO8.3H3N.3Na.3H/c3*12-7(13)3-5(9(15)16)11-6-4-8(14)18-1-2-19-10(6)17;;;;;;;;;/h3*5-6,11H,1-4H2,(H,12,13)(H,15,16);3*1H3;;;;;;/q;;;;;;3*+1;3*-1. The first-order chi connectivity index (χ1) is 26.7. The van der Waals surface area contributed by atoms with Crippen LogP contribution < -0.4 is 123 Å². The molecule has 6 unspecified atom stereocenters.